The van der Waals surface area contributed by atoms with E-state index in [-0.39, 0.29) is 6.04 Å². The minimum atomic E-state index is -4.68. The zero-order chi connectivity index (χ0) is 24.1. The van der Waals surface area contributed by atoms with Crippen LogP contribution in [-0.2, 0) is 36.9 Å². The van der Waals surface area contributed by atoms with Gasteiger partial charge >= 0.3 is 12.1 Å². The van der Waals surface area contributed by atoms with Crippen molar-refractivity contribution in [2.75, 3.05) is 13.2 Å². The van der Waals surface area contributed by atoms with Crippen molar-refractivity contribution in [1.29, 1.82) is 0 Å². The number of nitrogens with one attached hydrogen (secondary N) is 2. The van der Waals surface area contributed by atoms with E-state index in [2.05, 4.69) is 10.0 Å². The normalized spacial score (nSPS) is 16.0. The number of aryl methyl sites for hydroxylation is 1. The minimum absolute atomic E-state index is 0.166. The molecule has 2 N–H and O–H groups in total. The molecule has 0 aromatic heterocycles. The number of carbonyl (C=O) groups is 2. The Hall–Kier alpha value is -2.92. The molecule has 0 saturated heterocycles. The number of alkyl halides is 3. The van der Waals surface area contributed by atoms with Crippen LogP contribution in [0.15, 0.2) is 53.4 Å². The van der Waals surface area contributed by atoms with E-state index in [9.17, 15) is 31.2 Å². The summed E-state index contributed by atoms with van der Waals surface area (Å²) in [6, 6.07) is 10.9. The number of halogens is 3. The van der Waals surface area contributed by atoms with Gasteiger partial charge in [-0.05, 0) is 48.6 Å². The lowest BCUT2D eigenvalue weighted by atomic mass is 9.88. The number of benzene rings is 2. The number of esters is 1. The van der Waals surface area contributed by atoms with E-state index in [0.29, 0.717) is 6.07 Å². The van der Waals surface area contributed by atoms with Crippen LogP contribution in [0.5, 0.6) is 0 Å². The second kappa shape index (κ2) is 10.3. The highest BCUT2D eigenvalue weighted by atomic mass is 32.2. The quantitative estimate of drug-likeness (QED) is 0.561. The van der Waals surface area contributed by atoms with Crippen LogP contribution in [0, 0.1) is 0 Å². The molecular weight excluding hydrogens is 461 g/mol. The number of hydrogen-bond donors (Lipinski definition) is 2. The summed E-state index contributed by atoms with van der Waals surface area (Å²) in [4.78, 5) is 23.5. The van der Waals surface area contributed by atoms with Crippen LogP contribution < -0.4 is 10.0 Å². The van der Waals surface area contributed by atoms with Crippen LogP contribution in [0.4, 0.5) is 13.2 Å². The molecule has 1 aliphatic rings. The Morgan fingerprint density at radius 3 is 2.61 bits per heavy atom. The van der Waals surface area contributed by atoms with Gasteiger partial charge in [0.25, 0.3) is 5.91 Å². The van der Waals surface area contributed by atoms with Gasteiger partial charge in [-0.25, -0.2) is 13.1 Å². The number of carbonyl (C=O) groups excluding carboxylic acids is 2. The van der Waals surface area contributed by atoms with E-state index < -0.39 is 58.1 Å². The summed E-state index contributed by atoms with van der Waals surface area (Å²) in [6.07, 6.45) is -2.44. The monoisotopic (exact) mass is 484 g/mol. The average Bonchev–Trinajstić information content (AvgIpc) is 2.77. The second-order valence-corrected chi connectivity index (χ2v) is 9.31. The minimum Gasteiger partial charge on any atom is -0.456 e. The first kappa shape index (κ1) is 24.7. The molecule has 2 aromatic rings. The van der Waals surface area contributed by atoms with E-state index in [0.717, 1.165) is 43.0 Å². The predicted octanol–water partition coefficient (Wildman–Crippen LogP) is 3.11. The van der Waals surface area contributed by atoms with Crippen molar-refractivity contribution in [1.82, 2.24) is 10.0 Å². The maximum Gasteiger partial charge on any atom is 0.416 e. The highest BCUT2D eigenvalue weighted by Crippen LogP contribution is 2.31. The van der Waals surface area contributed by atoms with Gasteiger partial charge in [0.15, 0.2) is 6.61 Å². The lowest BCUT2D eigenvalue weighted by Gasteiger charge is -2.26. The zero-order valence-electron chi connectivity index (χ0n) is 17.5. The summed E-state index contributed by atoms with van der Waals surface area (Å²) in [5, 5.41) is 2.83. The number of ether oxygens (including phenoxy) is 1. The first-order valence-electron chi connectivity index (χ1n) is 10.3. The first-order valence-corrected chi connectivity index (χ1v) is 11.7. The smallest absolute Gasteiger partial charge is 0.416 e. The summed E-state index contributed by atoms with van der Waals surface area (Å²) in [5.41, 5.74) is 1.10. The molecule has 1 atom stereocenters. The van der Waals surface area contributed by atoms with Crippen molar-refractivity contribution >= 4 is 21.9 Å². The fourth-order valence-electron chi connectivity index (χ4n) is 3.57. The van der Waals surface area contributed by atoms with E-state index in [1.807, 2.05) is 24.3 Å². The van der Waals surface area contributed by atoms with Crippen molar-refractivity contribution in [2.45, 2.75) is 42.8 Å². The summed E-state index contributed by atoms with van der Waals surface area (Å²) in [6.45, 7) is -0.910. The third-order valence-corrected chi connectivity index (χ3v) is 6.62. The van der Waals surface area contributed by atoms with Crippen LogP contribution in [0.2, 0.25) is 0 Å². The van der Waals surface area contributed by atoms with Gasteiger partial charge in [-0.15, -0.1) is 0 Å². The van der Waals surface area contributed by atoms with Crippen molar-refractivity contribution < 1.29 is 35.9 Å². The third kappa shape index (κ3) is 6.78. The molecule has 3 rings (SSSR count). The van der Waals surface area contributed by atoms with Crippen LogP contribution in [-0.4, -0.2) is 33.4 Å². The molecule has 0 spiro atoms. The summed E-state index contributed by atoms with van der Waals surface area (Å²) < 4.78 is 69.6. The Labute approximate surface area is 189 Å². The van der Waals surface area contributed by atoms with Gasteiger partial charge in [0, 0.05) is 6.54 Å². The molecule has 0 fully saturated rings. The summed E-state index contributed by atoms with van der Waals surface area (Å²) in [7, 11) is -4.25. The van der Waals surface area contributed by atoms with Gasteiger partial charge in [-0.1, -0.05) is 30.3 Å². The predicted molar refractivity (Wildman–Crippen MR) is 112 cm³/mol. The lowest BCUT2D eigenvalue weighted by Crippen LogP contribution is -2.34. The standard InChI is InChI=1S/C22H23F3N2O5S/c23-22(24,25)16-7-4-8-17(13-16)33(30,31)26-12-11-21(29)32-14-20(28)27-19-10-3-6-15-5-1-2-9-18(15)19/h1-2,4-5,7-9,13,19,26H,3,6,10-12,14H2,(H,27,28)/t19-/m1/s1. The molecule has 0 heterocycles. The van der Waals surface area contributed by atoms with Crippen LogP contribution in [0.1, 0.15) is 42.0 Å². The van der Waals surface area contributed by atoms with Crippen LogP contribution in [0.3, 0.4) is 0 Å². The Morgan fingerprint density at radius 2 is 1.85 bits per heavy atom. The van der Waals surface area contributed by atoms with Gasteiger partial charge in [-0.2, -0.15) is 13.2 Å². The van der Waals surface area contributed by atoms with E-state index in [4.69, 9.17) is 4.74 Å². The number of rotatable bonds is 8. The van der Waals surface area contributed by atoms with Crippen LogP contribution >= 0.6 is 0 Å². The zero-order valence-corrected chi connectivity index (χ0v) is 18.3. The summed E-state index contributed by atoms with van der Waals surface area (Å²) in [5.74, 6) is -1.30. The molecule has 11 heteroatoms. The largest absolute Gasteiger partial charge is 0.456 e. The first-order chi connectivity index (χ1) is 15.6. The highest BCUT2D eigenvalue weighted by Gasteiger charge is 2.31. The van der Waals surface area contributed by atoms with Gasteiger partial charge < -0.3 is 10.1 Å². The van der Waals surface area contributed by atoms with Gasteiger partial charge in [0.05, 0.1) is 22.9 Å². The van der Waals surface area contributed by atoms with Gasteiger partial charge in [-0.3, -0.25) is 9.59 Å². The van der Waals surface area contributed by atoms with Gasteiger partial charge in [0.2, 0.25) is 10.0 Å². The van der Waals surface area contributed by atoms with Crippen molar-refractivity contribution in [3.8, 4) is 0 Å². The maximum atomic E-state index is 12.8. The van der Waals surface area contributed by atoms with E-state index in [1.54, 1.807) is 0 Å². The highest BCUT2D eigenvalue weighted by molar-refractivity contribution is 7.89. The van der Waals surface area contributed by atoms with Crippen molar-refractivity contribution in [2.24, 2.45) is 0 Å². The molecule has 0 radical (unpaired) electrons. The molecule has 2 aromatic carbocycles. The molecule has 1 aliphatic carbocycles. The molecule has 0 unspecified atom stereocenters. The maximum absolute atomic E-state index is 12.8. The topological polar surface area (TPSA) is 102 Å². The van der Waals surface area contributed by atoms with E-state index >= 15 is 0 Å². The molecule has 1 amide bonds. The Morgan fingerprint density at radius 1 is 1.09 bits per heavy atom. The molecule has 33 heavy (non-hydrogen) atoms. The fraction of sp³-hybridized carbons (Fsp3) is 0.364. The fourth-order valence-corrected chi connectivity index (χ4v) is 4.65. The Bertz CT molecular complexity index is 1120. The Kier molecular flexibility index (Phi) is 7.75. The SMILES string of the molecule is O=C(COC(=O)CCNS(=O)(=O)c1cccc(C(F)(F)F)c1)N[C@@H]1CCCc2ccccc21. The van der Waals surface area contributed by atoms with Crippen molar-refractivity contribution in [3.05, 3.63) is 65.2 Å². The number of amides is 1. The summed E-state index contributed by atoms with van der Waals surface area (Å²) >= 11 is 0. The number of sulfonamides is 1. The van der Waals surface area contributed by atoms with Crippen molar-refractivity contribution in [3.63, 3.8) is 0 Å². The number of hydrogen-bond acceptors (Lipinski definition) is 5. The second-order valence-electron chi connectivity index (χ2n) is 7.55. The molecule has 0 saturated carbocycles. The molecule has 7 nitrogen and oxygen atoms in total. The molecule has 0 bridgehead atoms. The number of fused-ring (bicyclic) bond motifs is 1. The Balaban J connectivity index is 1.44. The average molecular weight is 484 g/mol. The molecule has 178 valence electrons. The molecular formula is C22H23F3N2O5S. The lowest BCUT2D eigenvalue weighted by molar-refractivity contribution is -0.148. The third-order valence-electron chi connectivity index (χ3n) is 5.16. The van der Waals surface area contributed by atoms with Crippen LogP contribution in [0.25, 0.3) is 0 Å². The molecule has 0 aliphatic heterocycles. The van der Waals surface area contributed by atoms with Gasteiger partial charge in [0.1, 0.15) is 0 Å². The van der Waals surface area contributed by atoms with E-state index in [1.165, 1.54) is 5.56 Å².